The zero-order chi connectivity index (χ0) is 28.7. The number of carbonyl (C=O) groups excluding carboxylic acids is 3. The number of amides is 2. The molecule has 0 radical (unpaired) electrons. The first kappa shape index (κ1) is 28.4. The number of hydrogen-bond donors (Lipinski definition) is 3. The van der Waals surface area contributed by atoms with E-state index in [1.807, 2.05) is 30.3 Å². The number of benzene rings is 4. The van der Waals surface area contributed by atoms with Crippen LogP contribution < -0.4 is 15.8 Å². The molecule has 0 aliphatic rings. The third-order valence-corrected chi connectivity index (χ3v) is 7.85. The largest absolute Gasteiger partial charge is 0.368 e. The van der Waals surface area contributed by atoms with E-state index in [2.05, 4.69) is 10.0 Å². The quantitative estimate of drug-likeness (QED) is 0.242. The highest BCUT2D eigenvalue weighted by atomic mass is 32.2. The average Bonchev–Trinajstić information content (AvgIpc) is 2.96. The van der Waals surface area contributed by atoms with Crippen molar-refractivity contribution in [3.05, 3.63) is 125 Å². The summed E-state index contributed by atoms with van der Waals surface area (Å²) in [4.78, 5) is 37.1. The fourth-order valence-corrected chi connectivity index (χ4v) is 5.29. The minimum atomic E-state index is -3.87. The molecule has 0 aliphatic carbocycles. The van der Waals surface area contributed by atoms with Crippen LogP contribution >= 0.6 is 0 Å². The van der Waals surface area contributed by atoms with E-state index in [0.29, 0.717) is 27.8 Å². The molecule has 0 spiro atoms. The molecule has 0 unspecified atom stereocenters. The smallest absolute Gasteiger partial charge is 0.252 e. The first-order valence-corrected chi connectivity index (χ1v) is 14.1. The van der Waals surface area contributed by atoms with E-state index in [1.165, 1.54) is 31.2 Å². The van der Waals surface area contributed by atoms with Gasteiger partial charge in [-0.1, -0.05) is 84.9 Å². The zero-order valence-corrected chi connectivity index (χ0v) is 22.6. The standard InChI is InChI=1S/C31H29N3O5S/c1-21(35)23-15-17-25(18-16-23)40(38,39)33-20-24-11-5-6-12-26(24)27-13-7-8-14-28(27)31(37)34-29(30(32)36)19-22-9-3-2-4-10-22/h2-18,29,33H,19-20H2,1H3,(H2,32,36)(H,34,37)/t29-/m0/s1. The van der Waals surface area contributed by atoms with E-state index in [0.717, 1.165) is 5.56 Å². The van der Waals surface area contributed by atoms with Gasteiger partial charge >= 0.3 is 0 Å². The molecule has 8 nitrogen and oxygen atoms in total. The Morgan fingerprint density at radius 1 is 0.775 bits per heavy atom. The van der Waals surface area contributed by atoms with Crippen LogP contribution in [-0.4, -0.2) is 32.1 Å². The van der Waals surface area contributed by atoms with Crippen molar-refractivity contribution in [2.75, 3.05) is 0 Å². The van der Waals surface area contributed by atoms with Gasteiger partial charge in [-0.2, -0.15) is 0 Å². The molecular weight excluding hydrogens is 526 g/mol. The molecule has 4 N–H and O–H groups in total. The molecule has 0 bridgehead atoms. The highest BCUT2D eigenvalue weighted by Gasteiger charge is 2.22. The maximum absolute atomic E-state index is 13.4. The number of sulfonamides is 1. The van der Waals surface area contributed by atoms with E-state index in [-0.39, 0.29) is 23.6 Å². The molecule has 4 aromatic carbocycles. The van der Waals surface area contributed by atoms with Crippen LogP contribution in [0.4, 0.5) is 0 Å². The predicted octanol–water partition coefficient (Wildman–Crippen LogP) is 3.86. The molecular formula is C31H29N3O5S. The summed E-state index contributed by atoms with van der Waals surface area (Å²) in [5, 5.41) is 2.75. The summed E-state index contributed by atoms with van der Waals surface area (Å²) >= 11 is 0. The summed E-state index contributed by atoms with van der Waals surface area (Å²) < 4.78 is 28.5. The molecule has 0 saturated heterocycles. The van der Waals surface area contributed by atoms with Crippen molar-refractivity contribution in [2.24, 2.45) is 5.73 Å². The topological polar surface area (TPSA) is 135 Å². The van der Waals surface area contributed by atoms with Crippen LogP contribution in [-0.2, 0) is 27.8 Å². The zero-order valence-electron chi connectivity index (χ0n) is 21.8. The van der Waals surface area contributed by atoms with Gasteiger partial charge in [0, 0.05) is 24.1 Å². The van der Waals surface area contributed by atoms with E-state index in [4.69, 9.17) is 5.73 Å². The molecule has 0 saturated carbocycles. The van der Waals surface area contributed by atoms with Gasteiger partial charge in [0.25, 0.3) is 5.91 Å². The number of Topliss-reactive ketones (excluding diaryl/α,β-unsaturated/α-hetero) is 1. The van der Waals surface area contributed by atoms with E-state index < -0.39 is 27.9 Å². The maximum atomic E-state index is 13.4. The molecule has 1 atom stereocenters. The van der Waals surface area contributed by atoms with Gasteiger partial charge in [-0.05, 0) is 47.4 Å². The molecule has 9 heteroatoms. The third-order valence-electron chi connectivity index (χ3n) is 6.43. The molecule has 0 aliphatic heterocycles. The van der Waals surface area contributed by atoms with Crippen molar-refractivity contribution in [1.82, 2.24) is 10.0 Å². The maximum Gasteiger partial charge on any atom is 0.252 e. The number of ketones is 1. The molecule has 0 fully saturated rings. The van der Waals surface area contributed by atoms with Crippen molar-refractivity contribution in [3.8, 4) is 11.1 Å². The van der Waals surface area contributed by atoms with Crippen molar-refractivity contribution < 1.29 is 22.8 Å². The van der Waals surface area contributed by atoms with E-state index in [9.17, 15) is 22.8 Å². The van der Waals surface area contributed by atoms with Gasteiger partial charge in [0.2, 0.25) is 15.9 Å². The highest BCUT2D eigenvalue weighted by molar-refractivity contribution is 7.89. The summed E-state index contributed by atoms with van der Waals surface area (Å²) in [7, 11) is -3.87. The average molecular weight is 556 g/mol. The van der Waals surface area contributed by atoms with E-state index in [1.54, 1.807) is 48.5 Å². The van der Waals surface area contributed by atoms with Crippen LogP contribution in [0.5, 0.6) is 0 Å². The van der Waals surface area contributed by atoms with Crippen molar-refractivity contribution in [2.45, 2.75) is 30.8 Å². The summed E-state index contributed by atoms with van der Waals surface area (Å²) in [6, 6.07) is 28.1. The van der Waals surface area contributed by atoms with Gasteiger partial charge in [0.1, 0.15) is 6.04 Å². The van der Waals surface area contributed by atoms with Gasteiger partial charge in [-0.25, -0.2) is 13.1 Å². The van der Waals surface area contributed by atoms with Crippen molar-refractivity contribution in [1.29, 1.82) is 0 Å². The second-order valence-corrected chi connectivity index (χ2v) is 11.0. The second kappa shape index (κ2) is 12.5. The van der Waals surface area contributed by atoms with Crippen molar-refractivity contribution in [3.63, 3.8) is 0 Å². The lowest BCUT2D eigenvalue weighted by Gasteiger charge is -2.18. The lowest BCUT2D eigenvalue weighted by atomic mass is 9.94. The fraction of sp³-hybridized carbons (Fsp3) is 0.129. The number of nitrogens with two attached hydrogens (primary N) is 1. The Hall–Kier alpha value is -4.60. The molecule has 0 heterocycles. The minimum absolute atomic E-state index is 0.0330. The Kier molecular flexibility index (Phi) is 8.88. The fourth-order valence-electron chi connectivity index (χ4n) is 4.29. The summed E-state index contributed by atoms with van der Waals surface area (Å²) in [5.74, 6) is -1.28. The second-order valence-electron chi connectivity index (χ2n) is 9.23. The highest BCUT2D eigenvalue weighted by Crippen LogP contribution is 2.28. The molecule has 2 amide bonds. The first-order valence-electron chi connectivity index (χ1n) is 12.6. The third kappa shape index (κ3) is 6.88. The van der Waals surface area contributed by atoms with Gasteiger partial charge in [0.15, 0.2) is 5.78 Å². The summed E-state index contributed by atoms with van der Waals surface area (Å²) in [6.07, 6.45) is 0.246. The van der Waals surface area contributed by atoms with Crippen LogP contribution in [0.2, 0.25) is 0 Å². The Morgan fingerprint density at radius 2 is 1.38 bits per heavy atom. The first-order chi connectivity index (χ1) is 19.2. The molecule has 204 valence electrons. The SMILES string of the molecule is CC(=O)c1ccc(S(=O)(=O)NCc2ccccc2-c2ccccc2C(=O)N[C@@H](Cc2ccccc2)C(N)=O)cc1. The number of rotatable bonds is 11. The van der Waals surface area contributed by atoms with E-state index >= 15 is 0 Å². The van der Waals surface area contributed by atoms with Gasteiger partial charge < -0.3 is 11.1 Å². The normalized spacial score (nSPS) is 11.9. The number of nitrogens with one attached hydrogen (secondary N) is 2. The van der Waals surface area contributed by atoms with Crippen LogP contribution in [0.1, 0.15) is 38.8 Å². The summed E-state index contributed by atoms with van der Waals surface area (Å²) in [6.45, 7) is 1.37. The molecule has 40 heavy (non-hydrogen) atoms. The van der Waals surface area contributed by atoms with Gasteiger partial charge in [-0.15, -0.1) is 0 Å². The van der Waals surface area contributed by atoms with Crippen LogP contribution in [0.25, 0.3) is 11.1 Å². The Morgan fingerprint density at radius 3 is 2.02 bits per heavy atom. The molecule has 4 aromatic rings. The van der Waals surface area contributed by atoms with Crippen LogP contribution in [0.3, 0.4) is 0 Å². The van der Waals surface area contributed by atoms with Crippen LogP contribution in [0, 0.1) is 0 Å². The Balaban J connectivity index is 1.57. The van der Waals surface area contributed by atoms with Crippen LogP contribution in [0.15, 0.2) is 108 Å². The Bertz CT molecular complexity index is 1640. The Labute approximate surface area is 233 Å². The monoisotopic (exact) mass is 555 g/mol. The minimum Gasteiger partial charge on any atom is -0.368 e. The van der Waals surface area contributed by atoms with Crippen molar-refractivity contribution >= 4 is 27.6 Å². The lowest BCUT2D eigenvalue weighted by Crippen LogP contribution is -2.46. The van der Waals surface area contributed by atoms with Gasteiger partial charge in [-0.3, -0.25) is 14.4 Å². The summed E-state index contributed by atoms with van der Waals surface area (Å²) in [5.41, 5.74) is 9.06. The molecule has 4 rings (SSSR count). The number of carbonyl (C=O) groups is 3. The number of hydrogen-bond acceptors (Lipinski definition) is 5. The molecule has 0 aromatic heterocycles. The number of primary amides is 1. The predicted molar refractivity (Wildman–Crippen MR) is 153 cm³/mol. The lowest BCUT2D eigenvalue weighted by molar-refractivity contribution is -0.119. The van der Waals surface area contributed by atoms with Gasteiger partial charge in [0.05, 0.1) is 4.90 Å².